The SMILES string of the molecule is Cc1ccc(S(=O)(=O)N2CCCC2C(=O)NCCc2ccccc2F)s1. The number of halogens is 1. The molecule has 0 bridgehead atoms. The first-order valence-electron chi connectivity index (χ1n) is 8.49. The van der Waals surface area contributed by atoms with Gasteiger partial charge in [0.2, 0.25) is 5.91 Å². The third-order valence-electron chi connectivity index (χ3n) is 4.44. The summed E-state index contributed by atoms with van der Waals surface area (Å²) in [4.78, 5) is 13.4. The minimum Gasteiger partial charge on any atom is -0.354 e. The molecule has 1 aliphatic rings. The van der Waals surface area contributed by atoms with Crippen molar-refractivity contribution in [2.45, 2.75) is 36.4 Å². The number of amides is 1. The fourth-order valence-electron chi connectivity index (χ4n) is 3.10. The van der Waals surface area contributed by atoms with E-state index in [-0.39, 0.29) is 22.5 Å². The topological polar surface area (TPSA) is 66.5 Å². The molecule has 1 aromatic carbocycles. The highest BCUT2D eigenvalue weighted by Crippen LogP contribution is 2.30. The first-order valence-corrected chi connectivity index (χ1v) is 10.7. The predicted molar refractivity (Wildman–Crippen MR) is 99.1 cm³/mol. The van der Waals surface area contributed by atoms with Gasteiger partial charge >= 0.3 is 0 Å². The average Bonchev–Trinajstić information content (AvgIpc) is 3.26. The summed E-state index contributed by atoms with van der Waals surface area (Å²) in [6.45, 7) is 2.45. The second-order valence-corrected chi connectivity index (χ2v) is 9.68. The quantitative estimate of drug-likeness (QED) is 0.816. The van der Waals surface area contributed by atoms with Crippen LogP contribution in [0.5, 0.6) is 0 Å². The van der Waals surface area contributed by atoms with Crippen LogP contribution in [-0.4, -0.2) is 37.8 Å². The van der Waals surface area contributed by atoms with E-state index in [0.717, 1.165) is 4.88 Å². The van der Waals surface area contributed by atoms with Crippen molar-refractivity contribution in [2.24, 2.45) is 0 Å². The molecule has 2 heterocycles. The third-order valence-corrected chi connectivity index (χ3v) is 7.81. The lowest BCUT2D eigenvalue weighted by Crippen LogP contribution is -2.46. The first kappa shape index (κ1) is 19.0. The van der Waals surface area contributed by atoms with E-state index in [9.17, 15) is 17.6 Å². The molecule has 1 amide bonds. The van der Waals surface area contributed by atoms with Crippen LogP contribution in [0.3, 0.4) is 0 Å². The maximum absolute atomic E-state index is 13.6. The van der Waals surface area contributed by atoms with Crippen LogP contribution in [0.15, 0.2) is 40.6 Å². The summed E-state index contributed by atoms with van der Waals surface area (Å²) in [5.41, 5.74) is 0.526. The molecule has 140 valence electrons. The Bertz CT molecular complexity index is 895. The molecule has 1 fully saturated rings. The number of nitrogens with zero attached hydrogens (tertiary/aromatic N) is 1. The van der Waals surface area contributed by atoms with Crippen LogP contribution in [0.25, 0.3) is 0 Å². The van der Waals surface area contributed by atoms with Crippen LogP contribution in [0.2, 0.25) is 0 Å². The Labute approximate surface area is 156 Å². The van der Waals surface area contributed by atoms with E-state index in [1.54, 1.807) is 30.3 Å². The molecular formula is C18H21FN2O3S2. The maximum atomic E-state index is 13.6. The molecule has 0 radical (unpaired) electrons. The molecule has 26 heavy (non-hydrogen) atoms. The highest BCUT2D eigenvalue weighted by Gasteiger charge is 2.39. The van der Waals surface area contributed by atoms with Crippen molar-refractivity contribution in [3.8, 4) is 0 Å². The van der Waals surface area contributed by atoms with E-state index in [4.69, 9.17) is 0 Å². The van der Waals surface area contributed by atoms with Gasteiger partial charge in [0.05, 0.1) is 0 Å². The molecule has 1 aliphatic heterocycles. The molecular weight excluding hydrogens is 375 g/mol. The molecule has 0 saturated carbocycles. The second-order valence-electron chi connectivity index (χ2n) is 6.27. The number of hydrogen-bond donors (Lipinski definition) is 1. The van der Waals surface area contributed by atoms with Crippen molar-refractivity contribution in [3.05, 3.63) is 52.7 Å². The van der Waals surface area contributed by atoms with Gasteiger partial charge in [-0.05, 0) is 49.9 Å². The summed E-state index contributed by atoms with van der Waals surface area (Å²) in [5.74, 6) is -0.629. The molecule has 1 saturated heterocycles. The Morgan fingerprint density at radius 1 is 1.31 bits per heavy atom. The fraction of sp³-hybridized carbons (Fsp3) is 0.389. The largest absolute Gasteiger partial charge is 0.354 e. The minimum atomic E-state index is -3.66. The molecule has 2 aromatic rings. The van der Waals surface area contributed by atoms with E-state index in [0.29, 0.717) is 31.4 Å². The van der Waals surface area contributed by atoms with Gasteiger partial charge in [-0.2, -0.15) is 4.31 Å². The number of rotatable bonds is 6. The monoisotopic (exact) mass is 396 g/mol. The second kappa shape index (κ2) is 7.85. The van der Waals surface area contributed by atoms with E-state index in [1.807, 2.05) is 6.92 Å². The fourth-order valence-corrected chi connectivity index (χ4v) is 6.16. The smallest absolute Gasteiger partial charge is 0.253 e. The molecule has 1 aromatic heterocycles. The van der Waals surface area contributed by atoms with Gasteiger partial charge in [-0.25, -0.2) is 12.8 Å². The highest BCUT2D eigenvalue weighted by atomic mass is 32.2. The molecule has 1 unspecified atom stereocenters. The van der Waals surface area contributed by atoms with Crippen LogP contribution in [0, 0.1) is 12.7 Å². The number of carbonyl (C=O) groups is 1. The molecule has 3 rings (SSSR count). The van der Waals surface area contributed by atoms with Crippen LogP contribution in [0.1, 0.15) is 23.3 Å². The molecule has 8 heteroatoms. The van der Waals surface area contributed by atoms with E-state index in [1.165, 1.54) is 21.7 Å². The van der Waals surface area contributed by atoms with Gasteiger partial charge in [0.25, 0.3) is 10.0 Å². The van der Waals surface area contributed by atoms with Crippen molar-refractivity contribution in [1.29, 1.82) is 0 Å². The van der Waals surface area contributed by atoms with Crippen molar-refractivity contribution in [2.75, 3.05) is 13.1 Å². The number of carbonyl (C=O) groups excluding carboxylic acids is 1. The molecule has 1 atom stereocenters. The number of thiophene rings is 1. The van der Waals surface area contributed by atoms with E-state index in [2.05, 4.69) is 5.32 Å². The maximum Gasteiger partial charge on any atom is 0.253 e. The van der Waals surface area contributed by atoms with E-state index >= 15 is 0 Å². The Balaban J connectivity index is 1.64. The number of benzene rings is 1. The predicted octanol–water partition coefficient (Wildman–Crippen LogP) is 2.71. The van der Waals surface area contributed by atoms with Gasteiger partial charge in [-0.1, -0.05) is 18.2 Å². The van der Waals surface area contributed by atoms with E-state index < -0.39 is 16.1 Å². The third kappa shape index (κ3) is 3.97. The van der Waals surface area contributed by atoms with Crippen molar-refractivity contribution in [1.82, 2.24) is 9.62 Å². The lowest BCUT2D eigenvalue weighted by atomic mass is 10.1. The van der Waals surface area contributed by atoms with Gasteiger partial charge in [0.1, 0.15) is 16.1 Å². The molecule has 5 nitrogen and oxygen atoms in total. The number of hydrogen-bond acceptors (Lipinski definition) is 4. The zero-order chi connectivity index (χ0) is 18.7. The number of sulfonamides is 1. The summed E-state index contributed by atoms with van der Waals surface area (Å²) < 4.78 is 40.8. The average molecular weight is 397 g/mol. The molecule has 1 N–H and O–H groups in total. The van der Waals surface area contributed by atoms with Crippen LogP contribution in [-0.2, 0) is 21.2 Å². The van der Waals surface area contributed by atoms with Gasteiger partial charge in [0, 0.05) is 18.0 Å². The Morgan fingerprint density at radius 3 is 2.77 bits per heavy atom. The van der Waals surface area contributed by atoms with Crippen LogP contribution in [0.4, 0.5) is 4.39 Å². The normalized spacial score (nSPS) is 18.2. The van der Waals surface area contributed by atoms with Gasteiger partial charge in [-0.15, -0.1) is 11.3 Å². The van der Waals surface area contributed by atoms with Crippen molar-refractivity contribution >= 4 is 27.3 Å². The zero-order valence-electron chi connectivity index (χ0n) is 14.4. The Hall–Kier alpha value is -1.77. The molecule has 0 spiro atoms. The van der Waals surface area contributed by atoms with Gasteiger partial charge < -0.3 is 5.32 Å². The summed E-state index contributed by atoms with van der Waals surface area (Å²) in [5, 5.41) is 2.75. The summed E-state index contributed by atoms with van der Waals surface area (Å²) in [7, 11) is -3.66. The summed E-state index contributed by atoms with van der Waals surface area (Å²) in [6.07, 6.45) is 1.51. The lowest BCUT2D eigenvalue weighted by molar-refractivity contribution is -0.124. The Kier molecular flexibility index (Phi) is 5.74. The minimum absolute atomic E-state index is 0.265. The van der Waals surface area contributed by atoms with Gasteiger partial charge in [0.15, 0.2) is 0 Å². The number of aryl methyl sites for hydroxylation is 1. The molecule has 0 aliphatic carbocycles. The van der Waals surface area contributed by atoms with Crippen LogP contribution >= 0.6 is 11.3 Å². The van der Waals surface area contributed by atoms with Crippen molar-refractivity contribution < 1.29 is 17.6 Å². The van der Waals surface area contributed by atoms with Crippen LogP contribution < -0.4 is 5.32 Å². The first-order chi connectivity index (χ1) is 12.4. The lowest BCUT2D eigenvalue weighted by Gasteiger charge is -2.22. The van der Waals surface area contributed by atoms with Gasteiger partial charge in [-0.3, -0.25) is 4.79 Å². The zero-order valence-corrected chi connectivity index (χ0v) is 16.1. The standard InChI is InChI=1S/C18H21FN2O3S2/c1-13-8-9-17(25-13)26(23,24)21-12-4-7-16(21)18(22)20-11-10-14-5-2-3-6-15(14)19/h2-3,5-6,8-9,16H,4,7,10-12H2,1H3,(H,20,22). The summed E-state index contributed by atoms with van der Waals surface area (Å²) in [6, 6.07) is 9.05. The highest BCUT2D eigenvalue weighted by molar-refractivity contribution is 7.91. The summed E-state index contributed by atoms with van der Waals surface area (Å²) >= 11 is 1.21. The number of nitrogens with one attached hydrogen (secondary N) is 1. The van der Waals surface area contributed by atoms with Crippen molar-refractivity contribution in [3.63, 3.8) is 0 Å². The Morgan fingerprint density at radius 2 is 2.08 bits per heavy atom.